The summed E-state index contributed by atoms with van der Waals surface area (Å²) in [4.78, 5) is 23.3. The van der Waals surface area contributed by atoms with Crippen molar-refractivity contribution >= 4 is 23.6 Å². The highest BCUT2D eigenvalue weighted by Gasteiger charge is 2.29. The zero-order chi connectivity index (χ0) is 16.0. The smallest absolute Gasteiger partial charge is 0.355 e. The van der Waals surface area contributed by atoms with Crippen LogP contribution >= 0.6 is 11.8 Å². The Bertz CT molecular complexity index is 503. The number of amides is 2. The molecule has 21 heavy (non-hydrogen) atoms. The predicted molar refractivity (Wildman–Crippen MR) is 74.0 cm³/mol. The van der Waals surface area contributed by atoms with Gasteiger partial charge < -0.3 is 10.6 Å². The quantitative estimate of drug-likeness (QED) is 0.820. The minimum Gasteiger partial charge on any atom is -0.355 e. The van der Waals surface area contributed by atoms with Crippen molar-refractivity contribution in [2.75, 3.05) is 6.54 Å². The molecule has 0 aliphatic rings. The summed E-state index contributed by atoms with van der Waals surface area (Å²) in [5, 5.41) is 5.02. The molecule has 4 nitrogen and oxygen atoms in total. The average molecular weight is 320 g/mol. The zero-order valence-electron chi connectivity index (χ0n) is 11.5. The van der Waals surface area contributed by atoms with Gasteiger partial charge in [-0.15, -0.1) is 0 Å². The van der Waals surface area contributed by atoms with E-state index in [4.69, 9.17) is 0 Å². The fourth-order valence-electron chi connectivity index (χ4n) is 1.48. The SMILES string of the molecule is CCNC(=O)[C@H](C)NC(=O)c1ccc(SC(F)(F)F)cc1. The van der Waals surface area contributed by atoms with E-state index in [1.807, 2.05) is 0 Å². The number of rotatable bonds is 5. The molecule has 2 N–H and O–H groups in total. The number of alkyl halides is 3. The van der Waals surface area contributed by atoms with Gasteiger partial charge in [0.25, 0.3) is 5.91 Å². The fourth-order valence-corrected chi connectivity index (χ4v) is 2.02. The van der Waals surface area contributed by atoms with Crippen LogP contribution in [0.5, 0.6) is 0 Å². The summed E-state index contributed by atoms with van der Waals surface area (Å²) in [5.74, 6) is -0.840. The molecule has 2 amide bonds. The van der Waals surface area contributed by atoms with Crippen molar-refractivity contribution in [2.45, 2.75) is 30.3 Å². The summed E-state index contributed by atoms with van der Waals surface area (Å²) >= 11 is -0.249. The van der Waals surface area contributed by atoms with E-state index < -0.39 is 17.5 Å². The average Bonchev–Trinajstić information content (AvgIpc) is 2.37. The molecule has 1 rings (SSSR count). The predicted octanol–water partition coefficient (Wildman–Crippen LogP) is 2.55. The second-order valence-electron chi connectivity index (χ2n) is 4.16. The van der Waals surface area contributed by atoms with E-state index in [1.165, 1.54) is 31.2 Å². The molecule has 0 unspecified atom stereocenters. The molecule has 116 valence electrons. The topological polar surface area (TPSA) is 58.2 Å². The number of nitrogens with one attached hydrogen (secondary N) is 2. The van der Waals surface area contributed by atoms with Gasteiger partial charge in [-0.2, -0.15) is 13.2 Å². The maximum Gasteiger partial charge on any atom is 0.446 e. The summed E-state index contributed by atoms with van der Waals surface area (Å²) in [6.45, 7) is 3.72. The number of carbonyl (C=O) groups is 2. The van der Waals surface area contributed by atoms with Crippen molar-refractivity contribution in [3.8, 4) is 0 Å². The number of benzene rings is 1. The van der Waals surface area contributed by atoms with Crippen molar-refractivity contribution in [2.24, 2.45) is 0 Å². The number of hydrogen-bond donors (Lipinski definition) is 2. The molecule has 0 saturated heterocycles. The van der Waals surface area contributed by atoms with Gasteiger partial charge in [0.15, 0.2) is 0 Å². The van der Waals surface area contributed by atoms with Crippen LogP contribution in [0.2, 0.25) is 0 Å². The van der Waals surface area contributed by atoms with Gasteiger partial charge in [-0.05, 0) is 49.9 Å². The van der Waals surface area contributed by atoms with Gasteiger partial charge in [0, 0.05) is 17.0 Å². The zero-order valence-corrected chi connectivity index (χ0v) is 12.3. The second kappa shape index (κ2) is 7.35. The number of halogens is 3. The summed E-state index contributed by atoms with van der Waals surface area (Å²) in [6, 6.07) is 4.27. The highest BCUT2D eigenvalue weighted by molar-refractivity contribution is 8.00. The number of carbonyl (C=O) groups excluding carboxylic acids is 2. The first kappa shape index (κ1) is 17.4. The third kappa shape index (κ3) is 6.07. The minimum absolute atomic E-state index is 0.00387. The Hall–Kier alpha value is -1.70. The molecule has 0 radical (unpaired) electrons. The normalized spacial score (nSPS) is 12.6. The van der Waals surface area contributed by atoms with Crippen LogP contribution in [-0.2, 0) is 4.79 Å². The van der Waals surface area contributed by atoms with Crippen LogP contribution < -0.4 is 10.6 Å². The Morgan fingerprint density at radius 3 is 2.29 bits per heavy atom. The van der Waals surface area contributed by atoms with Crippen LogP contribution in [0, 0.1) is 0 Å². The molecule has 0 heterocycles. The van der Waals surface area contributed by atoms with Gasteiger partial charge in [-0.25, -0.2) is 0 Å². The third-order valence-electron chi connectivity index (χ3n) is 2.44. The Morgan fingerprint density at radius 1 is 1.24 bits per heavy atom. The molecular weight excluding hydrogens is 305 g/mol. The minimum atomic E-state index is -4.36. The molecule has 0 saturated carbocycles. The number of thioether (sulfide) groups is 1. The van der Waals surface area contributed by atoms with Crippen LogP contribution in [0.1, 0.15) is 24.2 Å². The maximum absolute atomic E-state index is 12.2. The lowest BCUT2D eigenvalue weighted by Crippen LogP contribution is -2.44. The van der Waals surface area contributed by atoms with E-state index in [1.54, 1.807) is 6.92 Å². The molecule has 0 aliphatic heterocycles. The standard InChI is InChI=1S/C13H15F3N2O2S/c1-3-17-11(19)8(2)18-12(20)9-4-6-10(7-5-9)21-13(14,15)16/h4-8H,3H2,1-2H3,(H,17,19)(H,18,20)/t8-/m0/s1. The monoisotopic (exact) mass is 320 g/mol. The van der Waals surface area contributed by atoms with E-state index in [-0.39, 0.29) is 28.1 Å². The van der Waals surface area contributed by atoms with Crippen molar-refractivity contribution in [1.29, 1.82) is 0 Å². The fraction of sp³-hybridized carbons (Fsp3) is 0.385. The van der Waals surface area contributed by atoms with Gasteiger partial charge in [-0.3, -0.25) is 9.59 Å². The van der Waals surface area contributed by atoms with Crippen LogP contribution in [0.3, 0.4) is 0 Å². The maximum atomic E-state index is 12.2. The van der Waals surface area contributed by atoms with Gasteiger partial charge in [0.05, 0.1) is 0 Å². The summed E-state index contributed by atoms with van der Waals surface area (Å²) < 4.78 is 36.5. The molecule has 0 aromatic heterocycles. The Labute approximate surface area is 124 Å². The summed E-state index contributed by atoms with van der Waals surface area (Å²) in [5.41, 5.74) is -4.17. The third-order valence-corrected chi connectivity index (χ3v) is 3.18. The molecule has 1 aromatic carbocycles. The molecule has 1 aromatic rings. The van der Waals surface area contributed by atoms with Crippen LogP contribution in [0.15, 0.2) is 29.2 Å². The van der Waals surface area contributed by atoms with Gasteiger partial charge in [-0.1, -0.05) is 0 Å². The van der Waals surface area contributed by atoms with Gasteiger partial charge in [0.2, 0.25) is 5.91 Å². The lowest BCUT2D eigenvalue weighted by molar-refractivity contribution is -0.122. The molecular formula is C13H15F3N2O2S. The lowest BCUT2D eigenvalue weighted by Gasteiger charge is -2.13. The molecule has 0 aliphatic carbocycles. The second-order valence-corrected chi connectivity index (χ2v) is 5.30. The van der Waals surface area contributed by atoms with Gasteiger partial charge in [0.1, 0.15) is 6.04 Å². The van der Waals surface area contributed by atoms with Crippen LogP contribution in [-0.4, -0.2) is 29.9 Å². The van der Waals surface area contributed by atoms with Crippen molar-refractivity contribution < 1.29 is 22.8 Å². The van der Waals surface area contributed by atoms with E-state index >= 15 is 0 Å². The molecule has 0 fully saturated rings. The molecule has 8 heteroatoms. The Balaban J connectivity index is 2.65. The Kier molecular flexibility index (Phi) is 6.07. The number of hydrogen-bond acceptors (Lipinski definition) is 3. The molecule has 0 bridgehead atoms. The number of likely N-dealkylation sites (N-methyl/N-ethyl adjacent to an activating group) is 1. The molecule has 1 atom stereocenters. The summed E-state index contributed by atoms with van der Waals surface area (Å²) in [7, 11) is 0. The van der Waals surface area contributed by atoms with Gasteiger partial charge >= 0.3 is 5.51 Å². The highest BCUT2D eigenvalue weighted by atomic mass is 32.2. The Morgan fingerprint density at radius 2 is 1.81 bits per heavy atom. The van der Waals surface area contributed by atoms with E-state index in [0.717, 1.165) is 0 Å². The van der Waals surface area contributed by atoms with E-state index in [2.05, 4.69) is 10.6 Å². The van der Waals surface area contributed by atoms with Crippen LogP contribution in [0.4, 0.5) is 13.2 Å². The molecule has 0 spiro atoms. The van der Waals surface area contributed by atoms with E-state index in [9.17, 15) is 22.8 Å². The summed E-state index contributed by atoms with van der Waals surface area (Å²) in [6.07, 6.45) is 0. The van der Waals surface area contributed by atoms with E-state index in [0.29, 0.717) is 6.54 Å². The first-order chi connectivity index (χ1) is 9.73. The largest absolute Gasteiger partial charge is 0.446 e. The van der Waals surface area contributed by atoms with Crippen molar-refractivity contribution in [3.05, 3.63) is 29.8 Å². The van der Waals surface area contributed by atoms with Crippen molar-refractivity contribution in [3.63, 3.8) is 0 Å². The first-order valence-corrected chi connectivity index (χ1v) is 6.99. The highest BCUT2D eigenvalue weighted by Crippen LogP contribution is 2.36. The van der Waals surface area contributed by atoms with Crippen molar-refractivity contribution in [1.82, 2.24) is 10.6 Å². The first-order valence-electron chi connectivity index (χ1n) is 6.17. The van der Waals surface area contributed by atoms with Crippen LogP contribution in [0.25, 0.3) is 0 Å². The lowest BCUT2D eigenvalue weighted by atomic mass is 10.2.